The summed E-state index contributed by atoms with van der Waals surface area (Å²) in [6.45, 7) is 0. The van der Waals surface area contributed by atoms with E-state index in [1.165, 1.54) is 0 Å². The highest BCUT2D eigenvalue weighted by Gasteiger charge is 2.48. The molecule has 0 unspecified atom stereocenters. The first-order valence-electron chi connectivity index (χ1n) is 6.09. The van der Waals surface area contributed by atoms with Crippen molar-refractivity contribution in [3.8, 4) is 0 Å². The van der Waals surface area contributed by atoms with E-state index < -0.39 is 17.4 Å². The van der Waals surface area contributed by atoms with Crippen LogP contribution in [0, 0.1) is 0 Å². The molecule has 2 aromatic rings. The molecule has 1 aliphatic heterocycles. The summed E-state index contributed by atoms with van der Waals surface area (Å²) in [4.78, 5) is 23.2. The van der Waals surface area contributed by atoms with Gasteiger partial charge in [0.1, 0.15) is 0 Å². The zero-order valence-electron chi connectivity index (χ0n) is 10.2. The SMILES string of the molecule is O=C1CC(c2ccccc2)(c2ccccc2)OC1=O. The lowest BCUT2D eigenvalue weighted by molar-refractivity contribution is -0.152. The van der Waals surface area contributed by atoms with Crippen LogP contribution in [0.4, 0.5) is 0 Å². The molecule has 2 aromatic carbocycles. The Morgan fingerprint density at radius 2 is 1.26 bits per heavy atom. The van der Waals surface area contributed by atoms with Gasteiger partial charge in [-0.15, -0.1) is 0 Å². The number of carbonyl (C=O) groups is 2. The van der Waals surface area contributed by atoms with Crippen molar-refractivity contribution >= 4 is 11.8 Å². The van der Waals surface area contributed by atoms with Crippen LogP contribution in [0.5, 0.6) is 0 Å². The van der Waals surface area contributed by atoms with Gasteiger partial charge in [0.15, 0.2) is 5.60 Å². The molecule has 1 heterocycles. The lowest BCUT2D eigenvalue weighted by atomic mass is 9.84. The number of Topliss-reactive ketones (excluding diaryl/α,β-unsaturated/α-hetero) is 1. The van der Waals surface area contributed by atoms with Gasteiger partial charge in [0, 0.05) is 11.1 Å². The molecule has 0 spiro atoms. The van der Waals surface area contributed by atoms with Gasteiger partial charge in [0.05, 0.1) is 6.42 Å². The molecule has 1 saturated heterocycles. The molecule has 0 aliphatic carbocycles. The van der Waals surface area contributed by atoms with E-state index in [-0.39, 0.29) is 6.42 Å². The highest BCUT2D eigenvalue weighted by molar-refractivity contribution is 6.35. The maximum atomic E-state index is 11.7. The highest BCUT2D eigenvalue weighted by Crippen LogP contribution is 2.41. The van der Waals surface area contributed by atoms with E-state index in [9.17, 15) is 9.59 Å². The molecule has 0 atom stereocenters. The molecule has 3 heteroatoms. The number of cyclic esters (lactones) is 1. The van der Waals surface area contributed by atoms with E-state index in [0.717, 1.165) is 11.1 Å². The number of hydrogen-bond acceptors (Lipinski definition) is 3. The van der Waals surface area contributed by atoms with Gasteiger partial charge in [-0.2, -0.15) is 0 Å². The zero-order valence-corrected chi connectivity index (χ0v) is 10.2. The van der Waals surface area contributed by atoms with Gasteiger partial charge in [-0.3, -0.25) is 4.79 Å². The smallest absolute Gasteiger partial charge is 0.376 e. The molecule has 3 nitrogen and oxygen atoms in total. The van der Waals surface area contributed by atoms with Crippen molar-refractivity contribution in [2.75, 3.05) is 0 Å². The second kappa shape index (κ2) is 4.35. The topological polar surface area (TPSA) is 43.4 Å². The molecule has 0 radical (unpaired) electrons. The maximum absolute atomic E-state index is 11.7. The minimum Gasteiger partial charge on any atom is -0.443 e. The van der Waals surface area contributed by atoms with Gasteiger partial charge >= 0.3 is 5.97 Å². The number of ether oxygens (including phenoxy) is 1. The fourth-order valence-corrected chi connectivity index (χ4v) is 2.45. The first kappa shape index (κ1) is 11.7. The van der Waals surface area contributed by atoms with Gasteiger partial charge < -0.3 is 4.74 Å². The van der Waals surface area contributed by atoms with Crippen LogP contribution >= 0.6 is 0 Å². The third kappa shape index (κ3) is 1.83. The summed E-state index contributed by atoms with van der Waals surface area (Å²) in [6, 6.07) is 18.8. The first-order valence-corrected chi connectivity index (χ1v) is 6.09. The summed E-state index contributed by atoms with van der Waals surface area (Å²) in [5, 5.41) is 0. The van der Waals surface area contributed by atoms with Crippen LogP contribution < -0.4 is 0 Å². The number of esters is 1. The Morgan fingerprint density at radius 3 is 1.63 bits per heavy atom. The number of carbonyl (C=O) groups excluding carboxylic acids is 2. The summed E-state index contributed by atoms with van der Waals surface area (Å²) in [5.74, 6) is -1.24. The predicted molar refractivity (Wildman–Crippen MR) is 69.4 cm³/mol. The quantitative estimate of drug-likeness (QED) is 0.609. The Balaban J connectivity index is 2.18. The molecule has 0 N–H and O–H groups in total. The first-order chi connectivity index (χ1) is 9.22. The number of benzene rings is 2. The second-order valence-electron chi connectivity index (χ2n) is 4.55. The van der Waals surface area contributed by atoms with Gasteiger partial charge in [-0.25, -0.2) is 4.79 Å². The van der Waals surface area contributed by atoms with Crippen molar-refractivity contribution in [3.63, 3.8) is 0 Å². The van der Waals surface area contributed by atoms with Crippen LogP contribution in [0.15, 0.2) is 60.7 Å². The lowest BCUT2D eigenvalue weighted by Gasteiger charge is -2.27. The molecule has 0 amide bonds. The molecule has 0 saturated carbocycles. The van der Waals surface area contributed by atoms with Crippen LogP contribution in [-0.4, -0.2) is 11.8 Å². The fraction of sp³-hybridized carbons (Fsp3) is 0.125. The Kier molecular flexibility index (Phi) is 2.67. The largest absolute Gasteiger partial charge is 0.443 e. The standard InChI is InChI=1S/C16H12O3/c17-14-11-16(19-15(14)18,12-7-3-1-4-8-12)13-9-5-2-6-10-13/h1-10H,11H2. The molecular formula is C16H12O3. The number of hydrogen-bond donors (Lipinski definition) is 0. The molecule has 0 aromatic heterocycles. The Labute approximate surface area is 110 Å². The number of ketones is 1. The second-order valence-corrected chi connectivity index (χ2v) is 4.55. The molecule has 1 aliphatic rings. The van der Waals surface area contributed by atoms with Crippen molar-refractivity contribution < 1.29 is 14.3 Å². The lowest BCUT2D eigenvalue weighted by Crippen LogP contribution is -2.27. The monoisotopic (exact) mass is 252 g/mol. The van der Waals surface area contributed by atoms with Crippen LogP contribution in [0.1, 0.15) is 17.5 Å². The van der Waals surface area contributed by atoms with Crippen molar-refractivity contribution in [1.82, 2.24) is 0 Å². The molecule has 0 bridgehead atoms. The van der Waals surface area contributed by atoms with E-state index in [0.29, 0.717) is 0 Å². The summed E-state index contributed by atoms with van der Waals surface area (Å²) in [5.41, 5.74) is 0.664. The van der Waals surface area contributed by atoms with E-state index in [1.54, 1.807) is 0 Å². The van der Waals surface area contributed by atoms with Crippen molar-refractivity contribution in [1.29, 1.82) is 0 Å². The van der Waals surface area contributed by atoms with Crippen LogP contribution in [-0.2, 0) is 19.9 Å². The molecular weight excluding hydrogens is 240 g/mol. The van der Waals surface area contributed by atoms with Gasteiger partial charge in [-0.05, 0) is 0 Å². The van der Waals surface area contributed by atoms with E-state index in [2.05, 4.69) is 0 Å². The average molecular weight is 252 g/mol. The fourth-order valence-electron chi connectivity index (χ4n) is 2.45. The van der Waals surface area contributed by atoms with Gasteiger partial charge in [-0.1, -0.05) is 60.7 Å². The van der Waals surface area contributed by atoms with Crippen LogP contribution in [0.25, 0.3) is 0 Å². The Bertz CT molecular complexity index is 559. The zero-order chi connectivity index (χ0) is 13.3. The van der Waals surface area contributed by atoms with Gasteiger partial charge in [0.25, 0.3) is 0 Å². The molecule has 1 fully saturated rings. The Hall–Kier alpha value is -2.42. The predicted octanol–water partition coefficient (Wildman–Crippen LogP) is 2.45. The molecule has 94 valence electrons. The van der Waals surface area contributed by atoms with E-state index in [1.807, 2.05) is 60.7 Å². The van der Waals surface area contributed by atoms with Crippen LogP contribution in [0.3, 0.4) is 0 Å². The van der Waals surface area contributed by atoms with Crippen LogP contribution in [0.2, 0.25) is 0 Å². The van der Waals surface area contributed by atoms with Gasteiger partial charge in [0.2, 0.25) is 5.78 Å². The third-order valence-corrected chi connectivity index (χ3v) is 3.38. The van der Waals surface area contributed by atoms with Crippen molar-refractivity contribution in [3.05, 3.63) is 71.8 Å². The summed E-state index contributed by atoms with van der Waals surface area (Å²) in [6.07, 6.45) is 0.0554. The summed E-state index contributed by atoms with van der Waals surface area (Å²) < 4.78 is 5.44. The highest BCUT2D eigenvalue weighted by atomic mass is 16.6. The normalized spacial score (nSPS) is 17.3. The van der Waals surface area contributed by atoms with E-state index >= 15 is 0 Å². The summed E-state index contributed by atoms with van der Waals surface area (Å²) in [7, 11) is 0. The van der Waals surface area contributed by atoms with Crippen molar-refractivity contribution in [2.24, 2.45) is 0 Å². The molecule has 3 rings (SSSR count). The minimum absolute atomic E-state index is 0.0554. The average Bonchev–Trinajstić information content (AvgIpc) is 2.78. The number of rotatable bonds is 2. The van der Waals surface area contributed by atoms with E-state index in [4.69, 9.17) is 4.74 Å². The molecule has 19 heavy (non-hydrogen) atoms. The Morgan fingerprint density at radius 1 is 0.789 bits per heavy atom. The third-order valence-electron chi connectivity index (χ3n) is 3.38. The van der Waals surface area contributed by atoms with Crippen molar-refractivity contribution in [2.45, 2.75) is 12.0 Å². The maximum Gasteiger partial charge on any atom is 0.376 e. The minimum atomic E-state index is -0.976. The summed E-state index contributed by atoms with van der Waals surface area (Å²) >= 11 is 0.